The molecule has 3 rings (SSSR count). The monoisotopic (exact) mass is 316 g/mol. The number of fused-ring (bicyclic) bond motifs is 3. The van der Waals surface area contributed by atoms with Crippen molar-refractivity contribution in [2.24, 2.45) is 0 Å². The molecule has 0 saturated heterocycles. The van der Waals surface area contributed by atoms with Gasteiger partial charge in [0.05, 0.1) is 11.3 Å². The minimum Gasteiger partial charge on any atom is -0.360 e. The van der Waals surface area contributed by atoms with E-state index in [1.165, 1.54) is 26.5 Å². The number of aromatic nitrogens is 1. The number of thiophene rings is 1. The second-order valence-electron chi connectivity index (χ2n) is 5.83. The van der Waals surface area contributed by atoms with Crippen molar-refractivity contribution < 1.29 is 9.32 Å². The largest absolute Gasteiger partial charge is 0.360 e. The number of hydrogen-bond acceptors (Lipinski definition) is 4. The Kier molecular flexibility index (Phi) is 3.68. The molecule has 22 heavy (non-hydrogen) atoms. The summed E-state index contributed by atoms with van der Waals surface area (Å²) in [5.41, 5.74) is 5.74. The van der Waals surface area contributed by atoms with Crippen LogP contribution in [0, 0.1) is 20.8 Å². The predicted molar refractivity (Wildman–Crippen MR) is 89.1 cm³/mol. The molecule has 0 bridgehead atoms. The van der Waals surface area contributed by atoms with Crippen LogP contribution in [-0.2, 0) is 4.79 Å². The van der Waals surface area contributed by atoms with Gasteiger partial charge in [0.1, 0.15) is 0 Å². The summed E-state index contributed by atoms with van der Waals surface area (Å²) >= 11 is 1.78. The van der Waals surface area contributed by atoms with Gasteiger partial charge in [-0.15, -0.1) is 11.3 Å². The Bertz CT molecular complexity index is 783. The van der Waals surface area contributed by atoms with Crippen molar-refractivity contribution in [3.05, 3.63) is 33.5 Å². The molecule has 2 aromatic rings. The molecule has 0 radical (unpaired) electrons. The molecule has 116 valence electrons. The van der Waals surface area contributed by atoms with Crippen molar-refractivity contribution >= 4 is 22.8 Å². The first-order valence-corrected chi connectivity index (χ1v) is 8.21. The highest BCUT2D eigenvalue weighted by atomic mass is 32.1. The number of rotatable bonds is 2. The number of aryl methyl sites for hydroxylation is 2. The van der Waals surface area contributed by atoms with E-state index in [9.17, 15) is 4.79 Å². The zero-order valence-electron chi connectivity index (χ0n) is 13.5. The molecular weight excluding hydrogens is 296 g/mol. The van der Waals surface area contributed by atoms with E-state index in [-0.39, 0.29) is 11.8 Å². The standard InChI is InChI=1S/C17H20N2O2S/c1-8-6-12(7-13(20)18-5)16-15(10(3)19-21-16)17-14(8)9(2)11(4)22-17/h6,12H,7H2,1-5H3,(H,18,20)/t12-/m0/s1. The Morgan fingerprint density at radius 3 is 2.73 bits per heavy atom. The van der Waals surface area contributed by atoms with Gasteiger partial charge in [-0.3, -0.25) is 4.79 Å². The van der Waals surface area contributed by atoms with Crippen LogP contribution in [0.1, 0.15) is 46.7 Å². The Labute approximate surface area is 134 Å². The highest BCUT2D eigenvalue weighted by Crippen LogP contribution is 2.48. The van der Waals surface area contributed by atoms with Crippen LogP contribution >= 0.6 is 11.3 Å². The van der Waals surface area contributed by atoms with Gasteiger partial charge >= 0.3 is 0 Å². The molecular formula is C17H20N2O2S. The van der Waals surface area contributed by atoms with Crippen LogP contribution in [0.15, 0.2) is 10.6 Å². The minimum atomic E-state index is -0.0737. The van der Waals surface area contributed by atoms with Gasteiger partial charge in [0.25, 0.3) is 0 Å². The third-order valence-corrected chi connectivity index (χ3v) is 5.59. The van der Waals surface area contributed by atoms with Crippen molar-refractivity contribution in [1.29, 1.82) is 0 Å². The van der Waals surface area contributed by atoms with E-state index in [1.807, 2.05) is 6.92 Å². The van der Waals surface area contributed by atoms with Crippen LogP contribution in [0.5, 0.6) is 0 Å². The molecule has 4 nitrogen and oxygen atoms in total. The van der Waals surface area contributed by atoms with E-state index in [2.05, 4.69) is 37.3 Å². The Morgan fingerprint density at radius 2 is 2.05 bits per heavy atom. The minimum absolute atomic E-state index is 0.00668. The summed E-state index contributed by atoms with van der Waals surface area (Å²) in [5.74, 6) is 0.739. The van der Waals surface area contributed by atoms with Gasteiger partial charge in [0.15, 0.2) is 5.76 Å². The topological polar surface area (TPSA) is 55.1 Å². The average Bonchev–Trinajstić information content (AvgIpc) is 2.95. The van der Waals surface area contributed by atoms with E-state index >= 15 is 0 Å². The van der Waals surface area contributed by atoms with Crippen LogP contribution in [0.2, 0.25) is 0 Å². The number of carbonyl (C=O) groups excluding carboxylic acids is 1. The normalized spacial score (nSPS) is 16.6. The summed E-state index contributed by atoms with van der Waals surface area (Å²) in [7, 11) is 1.66. The zero-order chi connectivity index (χ0) is 16.0. The van der Waals surface area contributed by atoms with Crippen molar-refractivity contribution in [2.45, 2.75) is 40.0 Å². The molecule has 1 N–H and O–H groups in total. The maximum atomic E-state index is 11.8. The van der Waals surface area contributed by atoms with Crippen LogP contribution in [0.4, 0.5) is 0 Å². The first-order valence-electron chi connectivity index (χ1n) is 7.40. The van der Waals surface area contributed by atoms with E-state index in [0.717, 1.165) is 17.0 Å². The van der Waals surface area contributed by atoms with Crippen molar-refractivity contribution in [1.82, 2.24) is 10.5 Å². The number of allylic oxidation sites excluding steroid dienone is 2. The number of hydrogen-bond donors (Lipinski definition) is 1. The second-order valence-corrected chi connectivity index (χ2v) is 7.05. The smallest absolute Gasteiger partial charge is 0.220 e. The maximum absolute atomic E-state index is 11.8. The molecule has 0 fully saturated rings. The number of carbonyl (C=O) groups is 1. The Morgan fingerprint density at radius 1 is 1.32 bits per heavy atom. The fourth-order valence-electron chi connectivity index (χ4n) is 3.11. The molecule has 0 saturated carbocycles. The van der Waals surface area contributed by atoms with E-state index < -0.39 is 0 Å². The lowest BCUT2D eigenvalue weighted by molar-refractivity contribution is -0.120. The molecule has 5 heteroatoms. The molecule has 0 spiro atoms. The van der Waals surface area contributed by atoms with E-state index in [4.69, 9.17) is 4.52 Å². The molecule has 0 unspecified atom stereocenters. The van der Waals surface area contributed by atoms with E-state index in [1.54, 1.807) is 18.4 Å². The first kappa shape index (κ1) is 15.0. The second kappa shape index (κ2) is 5.39. The summed E-state index contributed by atoms with van der Waals surface area (Å²) in [6.45, 7) is 8.38. The quantitative estimate of drug-likeness (QED) is 0.912. The SMILES string of the molecule is CNC(=O)C[C@@H]1C=C(C)c2c(sc(C)c2C)-c2c(C)noc21. The Hall–Kier alpha value is -1.88. The lowest BCUT2D eigenvalue weighted by atomic mass is 9.97. The molecule has 1 aliphatic carbocycles. The fraction of sp³-hybridized carbons (Fsp3) is 0.412. The third-order valence-electron chi connectivity index (χ3n) is 4.37. The molecule has 1 amide bonds. The molecule has 1 atom stereocenters. The van der Waals surface area contributed by atoms with Crippen LogP contribution in [0.25, 0.3) is 16.0 Å². The van der Waals surface area contributed by atoms with Gasteiger partial charge in [-0.1, -0.05) is 11.2 Å². The lowest BCUT2D eigenvalue weighted by Gasteiger charge is -2.09. The molecule has 2 aromatic heterocycles. The lowest BCUT2D eigenvalue weighted by Crippen LogP contribution is -2.19. The van der Waals surface area contributed by atoms with Gasteiger partial charge < -0.3 is 9.84 Å². The van der Waals surface area contributed by atoms with Crippen LogP contribution in [0.3, 0.4) is 0 Å². The molecule has 2 heterocycles. The number of amides is 1. The van der Waals surface area contributed by atoms with Gasteiger partial charge in [-0.2, -0.15) is 0 Å². The maximum Gasteiger partial charge on any atom is 0.220 e. The van der Waals surface area contributed by atoms with Gasteiger partial charge in [-0.25, -0.2) is 0 Å². The highest BCUT2D eigenvalue weighted by Gasteiger charge is 2.31. The van der Waals surface area contributed by atoms with Crippen LogP contribution in [-0.4, -0.2) is 18.1 Å². The summed E-state index contributed by atoms with van der Waals surface area (Å²) in [6.07, 6.45) is 2.52. The Balaban J connectivity index is 2.23. The molecule has 0 aliphatic heterocycles. The zero-order valence-corrected chi connectivity index (χ0v) is 14.4. The third kappa shape index (κ3) is 2.20. The summed E-state index contributed by atoms with van der Waals surface area (Å²) in [5, 5.41) is 6.85. The summed E-state index contributed by atoms with van der Waals surface area (Å²) in [6, 6.07) is 0. The average molecular weight is 316 g/mol. The summed E-state index contributed by atoms with van der Waals surface area (Å²) < 4.78 is 5.61. The fourth-order valence-corrected chi connectivity index (χ4v) is 4.44. The van der Waals surface area contributed by atoms with Gasteiger partial charge in [0, 0.05) is 29.1 Å². The number of nitrogens with zero attached hydrogens (tertiary/aromatic N) is 1. The first-order chi connectivity index (χ1) is 10.4. The van der Waals surface area contributed by atoms with Crippen molar-refractivity contribution in [3.8, 4) is 10.4 Å². The van der Waals surface area contributed by atoms with Crippen molar-refractivity contribution in [3.63, 3.8) is 0 Å². The predicted octanol–water partition coefficient (Wildman–Crippen LogP) is 3.96. The summed E-state index contributed by atoms with van der Waals surface area (Å²) in [4.78, 5) is 14.4. The molecule has 0 aromatic carbocycles. The van der Waals surface area contributed by atoms with Crippen LogP contribution < -0.4 is 5.32 Å². The van der Waals surface area contributed by atoms with E-state index in [0.29, 0.717) is 6.42 Å². The van der Waals surface area contributed by atoms with Crippen molar-refractivity contribution in [2.75, 3.05) is 7.05 Å². The molecule has 1 aliphatic rings. The highest BCUT2D eigenvalue weighted by molar-refractivity contribution is 7.16. The van der Waals surface area contributed by atoms with Gasteiger partial charge in [0.2, 0.25) is 5.91 Å². The van der Waals surface area contributed by atoms with Gasteiger partial charge in [-0.05, 0) is 44.4 Å². The number of nitrogens with one attached hydrogen (secondary N) is 1.